The van der Waals surface area contributed by atoms with E-state index in [1.165, 1.54) is 12.8 Å². The molecule has 1 aromatic rings. The predicted molar refractivity (Wildman–Crippen MR) is 81.2 cm³/mol. The van der Waals surface area contributed by atoms with Gasteiger partial charge in [-0.1, -0.05) is 38.2 Å². The van der Waals surface area contributed by atoms with Crippen LogP contribution in [-0.2, 0) is 0 Å². The van der Waals surface area contributed by atoms with Crippen LogP contribution in [0.1, 0.15) is 42.6 Å². The Morgan fingerprint density at radius 3 is 2.26 bits per heavy atom. The summed E-state index contributed by atoms with van der Waals surface area (Å²) < 4.78 is 0. The third-order valence-corrected chi connectivity index (χ3v) is 4.39. The van der Waals surface area contributed by atoms with E-state index < -0.39 is 0 Å². The SMILES string of the molecule is CC(C)C1(CNC(=O)c2ccc(C(N)=S)cc2)CC1. The van der Waals surface area contributed by atoms with Gasteiger partial charge < -0.3 is 11.1 Å². The summed E-state index contributed by atoms with van der Waals surface area (Å²) in [5, 5.41) is 3.03. The molecule has 0 aromatic heterocycles. The van der Waals surface area contributed by atoms with Crippen LogP contribution in [0.25, 0.3) is 0 Å². The normalized spacial score (nSPS) is 16.2. The first kappa shape index (κ1) is 14.0. The number of hydrogen-bond acceptors (Lipinski definition) is 2. The Balaban J connectivity index is 1.95. The van der Waals surface area contributed by atoms with E-state index in [2.05, 4.69) is 19.2 Å². The monoisotopic (exact) mass is 276 g/mol. The zero-order valence-electron chi connectivity index (χ0n) is 11.4. The number of carbonyl (C=O) groups is 1. The lowest BCUT2D eigenvalue weighted by Gasteiger charge is -2.20. The minimum Gasteiger partial charge on any atom is -0.389 e. The molecule has 1 aliphatic rings. The number of thiocarbonyl (C=S) groups is 1. The number of amides is 1. The molecule has 0 spiro atoms. The van der Waals surface area contributed by atoms with Crippen LogP contribution in [0.15, 0.2) is 24.3 Å². The number of carbonyl (C=O) groups excluding carboxylic acids is 1. The van der Waals surface area contributed by atoms with Crippen LogP contribution in [0.2, 0.25) is 0 Å². The van der Waals surface area contributed by atoms with Gasteiger partial charge >= 0.3 is 0 Å². The second-order valence-electron chi connectivity index (χ2n) is 5.64. The summed E-state index contributed by atoms with van der Waals surface area (Å²) >= 11 is 4.89. The van der Waals surface area contributed by atoms with E-state index in [-0.39, 0.29) is 5.91 Å². The molecule has 3 N–H and O–H groups in total. The van der Waals surface area contributed by atoms with E-state index in [0.29, 0.717) is 21.9 Å². The maximum atomic E-state index is 12.0. The first-order chi connectivity index (χ1) is 8.94. The summed E-state index contributed by atoms with van der Waals surface area (Å²) in [6.07, 6.45) is 2.43. The Hall–Kier alpha value is -1.42. The summed E-state index contributed by atoms with van der Waals surface area (Å²) in [7, 11) is 0. The van der Waals surface area contributed by atoms with Crippen molar-refractivity contribution >= 4 is 23.1 Å². The molecule has 1 amide bonds. The lowest BCUT2D eigenvalue weighted by molar-refractivity contribution is 0.0940. The molecule has 3 nitrogen and oxygen atoms in total. The van der Waals surface area contributed by atoms with Crippen LogP contribution >= 0.6 is 12.2 Å². The molecule has 0 radical (unpaired) electrons. The maximum Gasteiger partial charge on any atom is 0.251 e. The fourth-order valence-corrected chi connectivity index (χ4v) is 2.40. The van der Waals surface area contributed by atoms with Crippen LogP contribution in [0.3, 0.4) is 0 Å². The number of benzene rings is 1. The molecule has 1 saturated carbocycles. The fourth-order valence-electron chi connectivity index (χ4n) is 2.26. The topological polar surface area (TPSA) is 55.1 Å². The Bertz CT molecular complexity index is 489. The van der Waals surface area contributed by atoms with Crippen molar-refractivity contribution in [1.29, 1.82) is 0 Å². The van der Waals surface area contributed by atoms with Crippen molar-refractivity contribution in [2.24, 2.45) is 17.1 Å². The van der Waals surface area contributed by atoms with Crippen molar-refractivity contribution in [3.63, 3.8) is 0 Å². The molecular formula is C15H20N2OS. The van der Waals surface area contributed by atoms with Gasteiger partial charge in [0.05, 0.1) is 0 Å². The quantitative estimate of drug-likeness (QED) is 0.812. The molecule has 0 saturated heterocycles. The molecule has 0 unspecified atom stereocenters. The molecule has 102 valence electrons. The molecule has 0 aliphatic heterocycles. The minimum atomic E-state index is -0.0265. The van der Waals surface area contributed by atoms with Gasteiger partial charge in [0.2, 0.25) is 0 Å². The highest BCUT2D eigenvalue weighted by atomic mass is 32.1. The Morgan fingerprint density at radius 1 is 1.32 bits per heavy atom. The van der Waals surface area contributed by atoms with E-state index in [4.69, 9.17) is 18.0 Å². The van der Waals surface area contributed by atoms with Gasteiger partial charge in [0, 0.05) is 17.7 Å². The molecule has 2 rings (SSSR count). The second kappa shape index (κ2) is 5.29. The highest BCUT2D eigenvalue weighted by molar-refractivity contribution is 7.80. The largest absolute Gasteiger partial charge is 0.389 e. The average molecular weight is 276 g/mol. The average Bonchev–Trinajstić information content (AvgIpc) is 3.17. The van der Waals surface area contributed by atoms with Gasteiger partial charge in [0.25, 0.3) is 5.91 Å². The van der Waals surface area contributed by atoms with E-state index in [1.807, 2.05) is 0 Å². The number of hydrogen-bond donors (Lipinski definition) is 2. The zero-order valence-corrected chi connectivity index (χ0v) is 12.2. The molecule has 0 atom stereocenters. The summed E-state index contributed by atoms with van der Waals surface area (Å²) in [5.41, 5.74) is 7.29. The van der Waals surface area contributed by atoms with E-state index >= 15 is 0 Å². The Kier molecular flexibility index (Phi) is 3.90. The van der Waals surface area contributed by atoms with Gasteiger partial charge in [-0.25, -0.2) is 0 Å². The molecule has 4 heteroatoms. The Morgan fingerprint density at radius 2 is 1.84 bits per heavy atom. The second-order valence-corrected chi connectivity index (χ2v) is 6.08. The van der Waals surface area contributed by atoms with Crippen LogP contribution < -0.4 is 11.1 Å². The van der Waals surface area contributed by atoms with Crippen LogP contribution in [0.4, 0.5) is 0 Å². The van der Waals surface area contributed by atoms with Gasteiger partial charge in [-0.3, -0.25) is 4.79 Å². The molecule has 0 heterocycles. The molecule has 0 bridgehead atoms. The predicted octanol–water partition coefficient (Wildman–Crippen LogP) is 2.49. The van der Waals surface area contributed by atoms with E-state index in [9.17, 15) is 4.79 Å². The lowest BCUT2D eigenvalue weighted by Crippen LogP contribution is -2.32. The van der Waals surface area contributed by atoms with Crippen molar-refractivity contribution in [1.82, 2.24) is 5.32 Å². The molecule has 1 aromatic carbocycles. The van der Waals surface area contributed by atoms with Crippen LogP contribution in [0.5, 0.6) is 0 Å². The van der Waals surface area contributed by atoms with Gasteiger partial charge in [0.15, 0.2) is 0 Å². The first-order valence-electron chi connectivity index (χ1n) is 6.63. The van der Waals surface area contributed by atoms with Gasteiger partial charge in [-0.15, -0.1) is 0 Å². The van der Waals surface area contributed by atoms with E-state index in [0.717, 1.165) is 12.1 Å². The standard InChI is InChI=1S/C15H20N2OS/c1-10(2)15(7-8-15)9-17-14(18)12-5-3-11(4-6-12)13(16)19/h3-6,10H,7-9H2,1-2H3,(H2,16,19)(H,17,18). The van der Waals surface area contributed by atoms with Crippen LogP contribution in [-0.4, -0.2) is 17.4 Å². The first-order valence-corrected chi connectivity index (χ1v) is 7.03. The van der Waals surface area contributed by atoms with Crippen molar-refractivity contribution < 1.29 is 4.79 Å². The lowest BCUT2D eigenvalue weighted by atomic mass is 9.92. The third kappa shape index (κ3) is 3.13. The number of nitrogens with two attached hydrogens (primary N) is 1. The minimum absolute atomic E-state index is 0.0265. The van der Waals surface area contributed by atoms with Gasteiger partial charge in [-0.2, -0.15) is 0 Å². The summed E-state index contributed by atoms with van der Waals surface area (Å²) in [6, 6.07) is 7.09. The summed E-state index contributed by atoms with van der Waals surface area (Å²) in [4.78, 5) is 12.4. The van der Waals surface area contributed by atoms with Crippen LogP contribution in [0, 0.1) is 11.3 Å². The molecule has 1 aliphatic carbocycles. The number of rotatable bonds is 5. The van der Waals surface area contributed by atoms with Crippen molar-refractivity contribution in [3.05, 3.63) is 35.4 Å². The fraction of sp³-hybridized carbons (Fsp3) is 0.467. The smallest absolute Gasteiger partial charge is 0.251 e. The third-order valence-electron chi connectivity index (χ3n) is 4.15. The number of nitrogens with one attached hydrogen (secondary N) is 1. The molecular weight excluding hydrogens is 256 g/mol. The van der Waals surface area contributed by atoms with Crippen molar-refractivity contribution in [3.8, 4) is 0 Å². The molecule has 1 fully saturated rings. The zero-order chi connectivity index (χ0) is 14.0. The van der Waals surface area contributed by atoms with Crippen molar-refractivity contribution in [2.75, 3.05) is 6.54 Å². The summed E-state index contributed by atoms with van der Waals surface area (Å²) in [6.45, 7) is 5.20. The molecule has 19 heavy (non-hydrogen) atoms. The Labute approximate surface area is 119 Å². The highest BCUT2D eigenvalue weighted by Crippen LogP contribution is 2.51. The maximum absolute atomic E-state index is 12.0. The van der Waals surface area contributed by atoms with Crippen molar-refractivity contribution in [2.45, 2.75) is 26.7 Å². The highest BCUT2D eigenvalue weighted by Gasteiger charge is 2.45. The summed E-state index contributed by atoms with van der Waals surface area (Å²) in [5.74, 6) is 0.589. The van der Waals surface area contributed by atoms with Gasteiger partial charge in [0.1, 0.15) is 4.99 Å². The van der Waals surface area contributed by atoms with Gasteiger partial charge in [-0.05, 0) is 36.3 Å². The van der Waals surface area contributed by atoms with E-state index in [1.54, 1.807) is 24.3 Å².